The van der Waals surface area contributed by atoms with Crippen molar-refractivity contribution in [1.29, 1.82) is 0 Å². The van der Waals surface area contributed by atoms with Gasteiger partial charge in [0, 0.05) is 5.56 Å². The molecule has 0 N–H and O–H groups in total. The van der Waals surface area contributed by atoms with E-state index in [1.807, 2.05) is 25.1 Å². The molecule has 76 valence electrons. The van der Waals surface area contributed by atoms with Crippen molar-refractivity contribution in [3.63, 3.8) is 0 Å². The third-order valence-electron chi connectivity index (χ3n) is 2.52. The summed E-state index contributed by atoms with van der Waals surface area (Å²) in [4.78, 5) is 0. The molecule has 2 aromatic rings. The fraction of sp³-hybridized carbons (Fsp3) is 0.143. The lowest BCUT2D eigenvalue weighted by molar-refractivity contribution is 0.548. The van der Waals surface area contributed by atoms with E-state index >= 15 is 0 Å². The number of rotatable bonds is 2. The summed E-state index contributed by atoms with van der Waals surface area (Å²) < 4.78 is 5.57. The molecule has 0 fully saturated rings. The van der Waals surface area contributed by atoms with Gasteiger partial charge < -0.3 is 4.42 Å². The van der Waals surface area contributed by atoms with Crippen molar-refractivity contribution in [3.8, 4) is 11.3 Å². The van der Waals surface area contributed by atoms with Crippen molar-refractivity contribution in [1.82, 2.24) is 0 Å². The SMILES string of the molecule is C=Cc1cc(-c2ccc(C)o2)ccc1C. The van der Waals surface area contributed by atoms with E-state index in [2.05, 4.69) is 31.7 Å². The predicted molar refractivity (Wildman–Crippen MR) is 63.7 cm³/mol. The van der Waals surface area contributed by atoms with Crippen LogP contribution in [0.3, 0.4) is 0 Å². The Kier molecular flexibility index (Phi) is 2.46. The third-order valence-corrected chi connectivity index (χ3v) is 2.52. The van der Waals surface area contributed by atoms with Crippen LogP contribution in [-0.2, 0) is 0 Å². The van der Waals surface area contributed by atoms with E-state index in [1.165, 1.54) is 5.56 Å². The van der Waals surface area contributed by atoms with Gasteiger partial charge in [0.15, 0.2) is 0 Å². The van der Waals surface area contributed by atoms with E-state index < -0.39 is 0 Å². The molecule has 0 bridgehead atoms. The van der Waals surface area contributed by atoms with Gasteiger partial charge in [0.25, 0.3) is 0 Å². The zero-order valence-corrected chi connectivity index (χ0v) is 9.08. The topological polar surface area (TPSA) is 13.1 Å². The Morgan fingerprint density at radius 3 is 2.53 bits per heavy atom. The first-order chi connectivity index (χ1) is 7.20. The molecule has 0 aliphatic carbocycles. The molecule has 15 heavy (non-hydrogen) atoms. The Labute approximate surface area is 90.1 Å². The third kappa shape index (κ3) is 1.86. The van der Waals surface area contributed by atoms with Gasteiger partial charge in [0.05, 0.1) is 0 Å². The molecule has 1 nitrogen and oxygen atoms in total. The maximum atomic E-state index is 5.57. The highest BCUT2D eigenvalue weighted by atomic mass is 16.3. The summed E-state index contributed by atoms with van der Waals surface area (Å²) in [7, 11) is 0. The smallest absolute Gasteiger partial charge is 0.134 e. The number of furan rings is 1. The zero-order valence-electron chi connectivity index (χ0n) is 9.08. The van der Waals surface area contributed by atoms with Gasteiger partial charge in [-0.05, 0) is 43.2 Å². The molecule has 0 saturated carbocycles. The van der Waals surface area contributed by atoms with E-state index in [9.17, 15) is 0 Å². The minimum absolute atomic E-state index is 0.913. The number of hydrogen-bond acceptors (Lipinski definition) is 1. The summed E-state index contributed by atoms with van der Waals surface area (Å²) in [6, 6.07) is 10.2. The molecule has 0 aliphatic rings. The lowest BCUT2D eigenvalue weighted by Gasteiger charge is -2.02. The molecule has 2 rings (SSSR count). The minimum Gasteiger partial charge on any atom is -0.461 e. The molecule has 1 aromatic heterocycles. The van der Waals surface area contributed by atoms with Crippen LogP contribution in [0, 0.1) is 13.8 Å². The number of aryl methyl sites for hydroxylation is 2. The van der Waals surface area contributed by atoms with Gasteiger partial charge in [0.2, 0.25) is 0 Å². The van der Waals surface area contributed by atoms with E-state index in [4.69, 9.17) is 4.42 Å². The molecule has 0 atom stereocenters. The van der Waals surface area contributed by atoms with Crippen molar-refractivity contribution in [2.24, 2.45) is 0 Å². The predicted octanol–water partition coefficient (Wildman–Crippen LogP) is 4.21. The van der Waals surface area contributed by atoms with Gasteiger partial charge in [-0.25, -0.2) is 0 Å². The molecule has 0 aliphatic heterocycles. The van der Waals surface area contributed by atoms with Crippen LogP contribution in [0.1, 0.15) is 16.9 Å². The van der Waals surface area contributed by atoms with Crippen molar-refractivity contribution in [3.05, 3.63) is 53.8 Å². The van der Waals surface area contributed by atoms with Crippen LogP contribution >= 0.6 is 0 Å². The maximum Gasteiger partial charge on any atom is 0.134 e. The van der Waals surface area contributed by atoms with Gasteiger partial charge in [-0.2, -0.15) is 0 Å². The molecule has 1 heteroatoms. The normalized spacial score (nSPS) is 10.3. The van der Waals surface area contributed by atoms with Gasteiger partial charge in [-0.1, -0.05) is 24.8 Å². The molecule has 1 aromatic carbocycles. The second-order valence-corrected chi connectivity index (χ2v) is 3.69. The molecular formula is C14H14O. The largest absolute Gasteiger partial charge is 0.461 e. The van der Waals surface area contributed by atoms with Crippen molar-refractivity contribution >= 4 is 6.08 Å². The van der Waals surface area contributed by atoms with Gasteiger partial charge >= 0.3 is 0 Å². The molecule has 0 amide bonds. The van der Waals surface area contributed by atoms with Gasteiger partial charge in [-0.15, -0.1) is 0 Å². The van der Waals surface area contributed by atoms with Crippen LogP contribution in [-0.4, -0.2) is 0 Å². The first-order valence-electron chi connectivity index (χ1n) is 5.00. The molecule has 1 heterocycles. The maximum absolute atomic E-state index is 5.57. The van der Waals surface area contributed by atoms with E-state index in [0.717, 1.165) is 22.6 Å². The standard InChI is InChI=1S/C14H14O/c1-4-12-9-13(7-5-10(12)2)14-8-6-11(3)15-14/h4-9H,1H2,2-3H3. The van der Waals surface area contributed by atoms with E-state index in [0.29, 0.717) is 0 Å². The molecule has 0 radical (unpaired) electrons. The average Bonchev–Trinajstić information content (AvgIpc) is 2.66. The van der Waals surface area contributed by atoms with Crippen LogP contribution in [0.5, 0.6) is 0 Å². The first kappa shape index (κ1) is 9.78. The zero-order chi connectivity index (χ0) is 10.8. The number of hydrogen-bond donors (Lipinski definition) is 0. The van der Waals surface area contributed by atoms with Gasteiger partial charge in [0.1, 0.15) is 11.5 Å². The highest BCUT2D eigenvalue weighted by molar-refractivity contribution is 5.65. The molecule has 0 saturated heterocycles. The van der Waals surface area contributed by atoms with E-state index in [1.54, 1.807) is 0 Å². The lowest BCUT2D eigenvalue weighted by Crippen LogP contribution is -1.81. The van der Waals surface area contributed by atoms with Crippen LogP contribution in [0.4, 0.5) is 0 Å². The lowest BCUT2D eigenvalue weighted by atomic mass is 10.0. The second kappa shape index (κ2) is 3.77. The quantitative estimate of drug-likeness (QED) is 0.704. The fourth-order valence-corrected chi connectivity index (χ4v) is 1.60. The Morgan fingerprint density at radius 2 is 1.93 bits per heavy atom. The summed E-state index contributed by atoms with van der Waals surface area (Å²) >= 11 is 0. The van der Waals surface area contributed by atoms with Crippen molar-refractivity contribution in [2.75, 3.05) is 0 Å². The Balaban J connectivity index is 2.50. The summed E-state index contributed by atoms with van der Waals surface area (Å²) in [6.45, 7) is 7.83. The highest BCUT2D eigenvalue weighted by Gasteiger charge is 2.03. The van der Waals surface area contributed by atoms with Crippen LogP contribution in [0.25, 0.3) is 17.4 Å². The van der Waals surface area contributed by atoms with Gasteiger partial charge in [-0.3, -0.25) is 0 Å². The van der Waals surface area contributed by atoms with E-state index in [-0.39, 0.29) is 0 Å². The Morgan fingerprint density at radius 1 is 1.13 bits per heavy atom. The Hall–Kier alpha value is -1.76. The van der Waals surface area contributed by atoms with Crippen LogP contribution in [0.2, 0.25) is 0 Å². The van der Waals surface area contributed by atoms with Crippen molar-refractivity contribution < 1.29 is 4.42 Å². The molecular weight excluding hydrogens is 184 g/mol. The van der Waals surface area contributed by atoms with Crippen molar-refractivity contribution in [2.45, 2.75) is 13.8 Å². The summed E-state index contributed by atoms with van der Waals surface area (Å²) in [5, 5.41) is 0. The molecule has 0 spiro atoms. The minimum atomic E-state index is 0.913. The second-order valence-electron chi connectivity index (χ2n) is 3.69. The average molecular weight is 198 g/mol. The van der Waals surface area contributed by atoms with Crippen LogP contribution in [0.15, 0.2) is 41.3 Å². The number of benzene rings is 1. The first-order valence-corrected chi connectivity index (χ1v) is 5.00. The van der Waals surface area contributed by atoms with Crippen LogP contribution < -0.4 is 0 Å². The summed E-state index contributed by atoms with van der Waals surface area (Å²) in [6.07, 6.45) is 1.87. The summed E-state index contributed by atoms with van der Waals surface area (Å²) in [5.41, 5.74) is 3.49. The Bertz CT molecular complexity index is 492. The fourth-order valence-electron chi connectivity index (χ4n) is 1.60. The monoisotopic (exact) mass is 198 g/mol. The summed E-state index contributed by atoms with van der Waals surface area (Å²) in [5.74, 6) is 1.85. The molecule has 0 unspecified atom stereocenters. The highest BCUT2D eigenvalue weighted by Crippen LogP contribution is 2.24.